The van der Waals surface area contributed by atoms with E-state index in [2.05, 4.69) is 12.1 Å². The highest BCUT2D eigenvalue weighted by Crippen LogP contribution is 2.33. The molecule has 2 aromatic carbocycles. The molecule has 0 fully saturated rings. The predicted octanol–water partition coefficient (Wildman–Crippen LogP) is 3.58. The van der Waals surface area contributed by atoms with Gasteiger partial charge in [-0.1, -0.05) is 18.2 Å². The SMILES string of the molecule is Cl.NC(=O)c1ccc2sc3ccccc3c2c1. The van der Waals surface area contributed by atoms with Crippen LogP contribution in [0.5, 0.6) is 0 Å². The van der Waals surface area contributed by atoms with Gasteiger partial charge in [0.15, 0.2) is 0 Å². The number of benzene rings is 2. The van der Waals surface area contributed by atoms with Crippen molar-refractivity contribution >= 4 is 49.8 Å². The molecule has 0 atom stereocenters. The third-order valence-corrected chi connectivity index (χ3v) is 3.81. The number of thiophene rings is 1. The van der Waals surface area contributed by atoms with Crippen molar-refractivity contribution in [2.75, 3.05) is 0 Å². The molecule has 0 radical (unpaired) electrons. The molecule has 0 aliphatic carbocycles. The van der Waals surface area contributed by atoms with E-state index in [1.54, 1.807) is 17.4 Å². The molecule has 0 bridgehead atoms. The summed E-state index contributed by atoms with van der Waals surface area (Å²) >= 11 is 1.73. The van der Waals surface area contributed by atoms with Crippen molar-refractivity contribution in [1.29, 1.82) is 0 Å². The van der Waals surface area contributed by atoms with Gasteiger partial charge in [-0.3, -0.25) is 4.79 Å². The Bertz CT molecular complexity index is 705. The lowest BCUT2D eigenvalue weighted by Crippen LogP contribution is -2.10. The minimum atomic E-state index is -0.378. The largest absolute Gasteiger partial charge is 0.366 e. The molecule has 2 nitrogen and oxygen atoms in total. The van der Waals surface area contributed by atoms with Crippen LogP contribution in [0.4, 0.5) is 0 Å². The van der Waals surface area contributed by atoms with Crippen LogP contribution in [0.3, 0.4) is 0 Å². The monoisotopic (exact) mass is 263 g/mol. The maximum atomic E-state index is 11.1. The van der Waals surface area contributed by atoms with E-state index in [0.29, 0.717) is 5.56 Å². The van der Waals surface area contributed by atoms with Gasteiger partial charge in [0.05, 0.1) is 0 Å². The number of amides is 1. The molecular weight excluding hydrogens is 254 g/mol. The van der Waals surface area contributed by atoms with Crippen LogP contribution in [0.15, 0.2) is 42.5 Å². The van der Waals surface area contributed by atoms with Gasteiger partial charge in [-0.25, -0.2) is 0 Å². The van der Waals surface area contributed by atoms with Crippen molar-refractivity contribution in [3.05, 3.63) is 48.0 Å². The van der Waals surface area contributed by atoms with Crippen LogP contribution in [-0.4, -0.2) is 5.91 Å². The molecule has 0 spiro atoms. The average molecular weight is 264 g/mol. The molecule has 0 saturated heterocycles. The molecule has 1 aromatic heterocycles. The van der Waals surface area contributed by atoms with E-state index in [1.807, 2.05) is 24.3 Å². The van der Waals surface area contributed by atoms with Crippen molar-refractivity contribution < 1.29 is 4.79 Å². The van der Waals surface area contributed by atoms with Crippen molar-refractivity contribution in [1.82, 2.24) is 0 Å². The van der Waals surface area contributed by atoms with Gasteiger partial charge in [0, 0.05) is 25.7 Å². The zero-order valence-corrected chi connectivity index (χ0v) is 10.5. The first-order valence-electron chi connectivity index (χ1n) is 4.97. The van der Waals surface area contributed by atoms with Gasteiger partial charge in [-0.15, -0.1) is 23.7 Å². The van der Waals surface area contributed by atoms with E-state index >= 15 is 0 Å². The molecule has 2 N–H and O–H groups in total. The topological polar surface area (TPSA) is 43.1 Å². The first-order chi connectivity index (χ1) is 7.75. The van der Waals surface area contributed by atoms with Gasteiger partial charge in [-0.05, 0) is 24.3 Å². The number of rotatable bonds is 1. The number of carbonyl (C=O) groups excluding carboxylic acids is 1. The molecule has 3 aromatic rings. The van der Waals surface area contributed by atoms with Crippen LogP contribution in [-0.2, 0) is 0 Å². The van der Waals surface area contributed by atoms with Crippen molar-refractivity contribution in [2.24, 2.45) is 5.73 Å². The summed E-state index contributed by atoms with van der Waals surface area (Å²) in [4.78, 5) is 11.1. The molecule has 1 amide bonds. The van der Waals surface area contributed by atoms with Gasteiger partial charge in [0.2, 0.25) is 5.91 Å². The molecule has 4 heteroatoms. The molecule has 3 rings (SSSR count). The van der Waals surface area contributed by atoms with Crippen LogP contribution in [0, 0.1) is 0 Å². The number of hydrogen-bond donors (Lipinski definition) is 1. The smallest absolute Gasteiger partial charge is 0.248 e. The molecule has 0 aliphatic rings. The highest BCUT2D eigenvalue weighted by Gasteiger charge is 2.07. The molecule has 86 valence electrons. The molecule has 17 heavy (non-hydrogen) atoms. The normalized spacial score (nSPS) is 10.4. The number of primary amides is 1. The number of fused-ring (bicyclic) bond motifs is 3. The maximum Gasteiger partial charge on any atom is 0.248 e. The lowest BCUT2D eigenvalue weighted by Gasteiger charge is -1.95. The van der Waals surface area contributed by atoms with Crippen LogP contribution in [0.2, 0.25) is 0 Å². The second-order valence-electron chi connectivity index (χ2n) is 3.67. The van der Waals surface area contributed by atoms with Crippen LogP contribution in [0.1, 0.15) is 10.4 Å². The highest BCUT2D eigenvalue weighted by molar-refractivity contribution is 7.25. The van der Waals surface area contributed by atoms with Crippen LogP contribution < -0.4 is 5.73 Å². The molecule has 0 unspecified atom stereocenters. The van der Waals surface area contributed by atoms with E-state index in [9.17, 15) is 4.79 Å². The minimum Gasteiger partial charge on any atom is -0.366 e. The Labute approximate surface area is 108 Å². The average Bonchev–Trinajstić information content (AvgIpc) is 2.66. The fourth-order valence-electron chi connectivity index (χ4n) is 1.88. The predicted molar refractivity (Wildman–Crippen MR) is 75.1 cm³/mol. The maximum absolute atomic E-state index is 11.1. The first kappa shape index (κ1) is 11.9. The Hall–Kier alpha value is -1.58. The summed E-state index contributed by atoms with van der Waals surface area (Å²) in [6.45, 7) is 0. The van der Waals surface area contributed by atoms with Gasteiger partial charge >= 0.3 is 0 Å². The quantitative estimate of drug-likeness (QED) is 0.717. The lowest BCUT2D eigenvalue weighted by atomic mass is 10.1. The van der Waals surface area contributed by atoms with Crippen LogP contribution >= 0.6 is 23.7 Å². The number of carbonyl (C=O) groups is 1. The Balaban J connectivity index is 0.00000108. The summed E-state index contributed by atoms with van der Waals surface area (Å²) in [7, 11) is 0. The van der Waals surface area contributed by atoms with Gasteiger partial charge in [0.25, 0.3) is 0 Å². The Kier molecular flexibility index (Phi) is 3.05. The summed E-state index contributed by atoms with van der Waals surface area (Å²) < 4.78 is 2.42. The third kappa shape index (κ3) is 1.88. The van der Waals surface area contributed by atoms with E-state index in [4.69, 9.17) is 5.73 Å². The van der Waals surface area contributed by atoms with E-state index in [0.717, 1.165) is 5.39 Å². The van der Waals surface area contributed by atoms with Gasteiger partial charge < -0.3 is 5.73 Å². The number of hydrogen-bond acceptors (Lipinski definition) is 2. The van der Waals surface area contributed by atoms with E-state index in [1.165, 1.54) is 14.8 Å². The molecule has 0 saturated carbocycles. The van der Waals surface area contributed by atoms with Gasteiger partial charge in [0.1, 0.15) is 0 Å². The molecule has 0 aliphatic heterocycles. The Morgan fingerprint density at radius 2 is 1.71 bits per heavy atom. The molecule has 1 heterocycles. The van der Waals surface area contributed by atoms with Crippen molar-refractivity contribution in [3.63, 3.8) is 0 Å². The molecular formula is C13H10ClNOS. The second kappa shape index (κ2) is 4.35. The standard InChI is InChI=1S/C13H9NOS.ClH/c14-13(15)8-5-6-12-10(7-8)9-3-1-2-4-11(9)16-12;/h1-7H,(H2,14,15);1H. The van der Waals surface area contributed by atoms with E-state index in [-0.39, 0.29) is 18.3 Å². The Morgan fingerprint density at radius 1 is 1.00 bits per heavy atom. The summed E-state index contributed by atoms with van der Waals surface area (Å²) in [5.74, 6) is -0.378. The van der Waals surface area contributed by atoms with E-state index < -0.39 is 0 Å². The zero-order valence-electron chi connectivity index (χ0n) is 8.84. The summed E-state index contributed by atoms with van der Waals surface area (Å²) in [5.41, 5.74) is 5.85. The summed E-state index contributed by atoms with van der Waals surface area (Å²) in [5, 5.41) is 2.29. The second-order valence-corrected chi connectivity index (χ2v) is 4.76. The zero-order chi connectivity index (χ0) is 11.1. The number of nitrogens with two attached hydrogens (primary N) is 1. The van der Waals surface area contributed by atoms with Crippen LogP contribution in [0.25, 0.3) is 20.2 Å². The lowest BCUT2D eigenvalue weighted by molar-refractivity contribution is 0.100. The van der Waals surface area contributed by atoms with Gasteiger partial charge in [-0.2, -0.15) is 0 Å². The fraction of sp³-hybridized carbons (Fsp3) is 0. The van der Waals surface area contributed by atoms with Crippen molar-refractivity contribution in [2.45, 2.75) is 0 Å². The minimum absolute atomic E-state index is 0. The third-order valence-electron chi connectivity index (χ3n) is 2.66. The number of halogens is 1. The first-order valence-corrected chi connectivity index (χ1v) is 5.78. The van der Waals surface area contributed by atoms with Crippen molar-refractivity contribution in [3.8, 4) is 0 Å². The fourth-order valence-corrected chi connectivity index (χ4v) is 2.97. The Morgan fingerprint density at radius 3 is 2.47 bits per heavy atom. The summed E-state index contributed by atoms with van der Waals surface area (Å²) in [6, 6.07) is 13.8. The highest BCUT2D eigenvalue weighted by atomic mass is 35.5. The summed E-state index contributed by atoms with van der Waals surface area (Å²) in [6.07, 6.45) is 0.